The highest BCUT2D eigenvalue weighted by atomic mass is 16.6. The molecule has 0 N–H and O–H groups in total. The first-order valence-electron chi connectivity index (χ1n) is 8.86. The molecule has 1 aliphatic rings. The number of fused-ring (bicyclic) bond motifs is 1. The molecule has 0 bridgehead atoms. The predicted molar refractivity (Wildman–Crippen MR) is 98.7 cm³/mol. The van der Waals surface area contributed by atoms with E-state index >= 15 is 0 Å². The van der Waals surface area contributed by atoms with E-state index in [2.05, 4.69) is 0 Å². The van der Waals surface area contributed by atoms with Crippen molar-refractivity contribution in [2.75, 3.05) is 19.8 Å². The van der Waals surface area contributed by atoms with Gasteiger partial charge < -0.3 is 9.47 Å². The van der Waals surface area contributed by atoms with Crippen molar-refractivity contribution in [2.45, 2.75) is 19.8 Å². The summed E-state index contributed by atoms with van der Waals surface area (Å²) in [7, 11) is 0. The number of rotatable bonds is 8. The van der Waals surface area contributed by atoms with Crippen molar-refractivity contribution in [1.29, 1.82) is 0 Å². The van der Waals surface area contributed by atoms with Crippen molar-refractivity contribution < 1.29 is 23.9 Å². The Labute approximate surface area is 157 Å². The van der Waals surface area contributed by atoms with E-state index in [0.717, 1.165) is 11.3 Å². The van der Waals surface area contributed by atoms with Crippen LogP contribution in [0, 0.1) is 6.92 Å². The first-order chi connectivity index (χ1) is 13.1. The second-order valence-electron chi connectivity index (χ2n) is 6.30. The monoisotopic (exact) mass is 367 g/mol. The van der Waals surface area contributed by atoms with E-state index in [9.17, 15) is 14.4 Å². The number of carbonyl (C=O) groups is 3. The van der Waals surface area contributed by atoms with Crippen LogP contribution in [-0.4, -0.2) is 42.4 Å². The third kappa shape index (κ3) is 4.53. The zero-order valence-corrected chi connectivity index (χ0v) is 15.1. The molecular weight excluding hydrogens is 346 g/mol. The summed E-state index contributed by atoms with van der Waals surface area (Å²) in [5.41, 5.74) is 1.93. The molecule has 1 heterocycles. The van der Waals surface area contributed by atoms with Crippen LogP contribution in [0.15, 0.2) is 48.5 Å². The first-order valence-corrected chi connectivity index (χ1v) is 8.86. The van der Waals surface area contributed by atoms with E-state index in [1.165, 1.54) is 4.90 Å². The van der Waals surface area contributed by atoms with Gasteiger partial charge in [-0.3, -0.25) is 19.3 Å². The second kappa shape index (κ2) is 8.49. The van der Waals surface area contributed by atoms with Crippen LogP contribution in [0.5, 0.6) is 5.75 Å². The molecule has 0 aromatic heterocycles. The van der Waals surface area contributed by atoms with Crippen LogP contribution >= 0.6 is 0 Å². The summed E-state index contributed by atoms with van der Waals surface area (Å²) in [4.78, 5) is 37.4. The summed E-state index contributed by atoms with van der Waals surface area (Å²) < 4.78 is 10.6. The molecule has 2 amide bonds. The maximum Gasteiger partial charge on any atom is 0.305 e. The van der Waals surface area contributed by atoms with Gasteiger partial charge in [0.1, 0.15) is 19.0 Å². The van der Waals surface area contributed by atoms with Gasteiger partial charge in [0.25, 0.3) is 11.8 Å². The third-order valence-electron chi connectivity index (χ3n) is 4.25. The fourth-order valence-electron chi connectivity index (χ4n) is 2.92. The quantitative estimate of drug-likeness (QED) is 0.407. The van der Waals surface area contributed by atoms with Crippen LogP contribution in [-0.2, 0) is 9.53 Å². The molecule has 0 fully saturated rings. The minimum absolute atomic E-state index is 0.137. The Balaban J connectivity index is 1.35. The van der Waals surface area contributed by atoms with E-state index in [1.54, 1.807) is 24.3 Å². The zero-order valence-electron chi connectivity index (χ0n) is 15.1. The van der Waals surface area contributed by atoms with E-state index in [-0.39, 0.29) is 44.0 Å². The third-order valence-corrected chi connectivity index (χ3v) is 4.25. The molecule has 0 saturated carbocycles. The number of amides is 2. The lowest BCUT2D eigenvalue weighted by Gasteiger charge is -2.13. The Bertz CT molecular complexity index is 826. The normalized spacial score (nSPS) is 12.9. The molecule has 3 rings (SSSR count). The van der Waals surface area contributed by atoms with Gasteiger partial charge in [-0.2, -0.15) is 0 Å². The molecule has 1 aliphatic heterocycles. The minimum Gasteiger partial charge on any atom is -0.490 e. The number of esters is 1. The van der Waals surface area contributed by atoms with Gasteiger partial charge in [0.05, 0.1) is 11.1 Å². The van der Waals surface area contributed by atoms with Crippen molar-refractivity contribution in [2.24, 2.45) is 0 Å². The van der Waals surface area contributed by atoms with E-state index in [1.807, 2.05) is 31.2 Å². The summed E-state index contributed by atoms with van der Waals surface area (Å²) in [5, 5.41) is 0. The van der Waals surface area contributed by atoms with Crippen molar-refractivity contribution in [3.8, 4) is 5.75 Å². The van der Waals surface area contributed by atoms with Crippen molar-refractivity contribution >= 4 is 17.8 Å². The van der Waals surface area contributed by atoms with E-state index in [4.69, 9.17) is 9.47 Å². The molecule has 0 spiro atoms. The highest BCUT2D eigenvalue weighted by Gasteiger charge is 2.34. The molecular formula is C21H21NO5. The maximum absolute atomic E-state index is 12.2. The Morgan fingerprint density at radius 2 is 1.67 bits per heavy atom. The zero-order chi connectivity index (χ0) is 19.2. The summed E-state index contributed by atoms with van der Waals surface area (Å²) >= 11 is 0. The largest absolute Gasteiger partial charge is 0.490 e. The van der Waals surface area contributed by atoms with E-state index in [0.29, 0.717) is 17.5 Å². The highest BCUT2D eigenvalue weighted by molar-refractivity contribution is 6.21. The van der Waals surface area contributed by atoms with Gasteiger partial charge in [-0.25, -0.2) is 0 Å². The highest BCUT2D eigenvalue weighted by Crippen LogP contribution is 2.22. The van der Waals surface area contributed by atoms with Crippen LogP contribution in [0.3, 0.4) is 0 Å². The molecule has 2 aromatic rings. The molecule has 6 heteroatoms. The Morgan fingerprint density at radius 1 is 0.963 bits per heavy atom. The summed E-state index contributed by atoms with van der Waals surface area (Å²) in [6.07, 6.45) is 0.501. The molecule has 0 saturated heterocycles. The Morgan fingerprint density at radius 3 is 2.33 bits per heavy atom. The molecule has 0 atom stereocenters. The summed E-state index contributed by atoms with van der Waals surface area (Å²) in [5.74, 6) is -0.262. The predicted octanol–water partition coefficient (Wildman–Crippen LogP) is 2.99. The van der Waals surface area contributed by atoms with Crippen LogP contribution in [0.2, 0.25) is 0 Å². The van der Waals surface area contributed by atoms with Crippen molar-refractivity contribution in [3.05, 3.63) is 65.2 Å². The molecule has 6 nitrogen and oxygen atoms in total. The Kier molecular flexibility index (Phi) is 5.86. The number of ether oxygens (including phenoxy) is 2. The number of aryl methyl sites for hydroxylation is 1. The standard InChI is InChI=1S/C21H21NO5/c1-15-6-4-7-16(14-15)26-12-13-27-19(23)10-5-11-22-20(24)17-8-2-3-9-18(17)21(22)25/h2-4,6-9,14H,5,10-13H2,1H3. The van der Waals surface area contributed by atoms with Crippen molar-refractivity contribution in [3.63, 3.8) is 0 Å². The lowest BCUT2D eigenvalue weighted by Crippen LogP contribution is -2.31. The molecule has 2 aromatic carbocycles. The SMILES string of the molecule is Cc1cccc(OCCOC(=O)CCCN2C(=O)c3ccccc3C2=O)c1. The molecule has 27 heavy (non-hydrogen) atoms. The summed E-state index contributed by atoms with van der Waals surface area (Å²) in [6, 6.07) is 14.3. The topological polar surface area (TPSA) is 72.9 Å². The van der Waals surface area contributed by atoms with Gasteiger partial charge in [-0.15, -0.1) is 0 Å². The first kappa shape index (κ1) is 18.6. The number of hydrogen-bond donors (Lipinski definition) is 0. The lowest BCUT2D eigenvalue weighted by molar-refractivity contribution is -0.144. The average Bonchev–Trinajstić information content (AvgIpc) is 2.90. The number of benzene rings is 2. The van der Waals surface area contributed by atoms with Gasteiger partial charge in [0.2, 0.25) is 0 Å². The van der Waals surface area contributed by atoms with Crippen molar-refractivity contribution in [1.82, 2.24) is 4.90 Å². The van der Waals surface area contributed by atoms with Crippen LogP contribution in [0.4, 0.5) is 0 Å². The minimum atomic E-state index is -0.376. The lowest BCUT2D eigenvalue weighted by atomic mass is 10.1. The van der Waals surface area contributed by atoms with Gasteiger partial charge >= 0.3 is 5.97 Å². The second-order valence-corrected chi connectivity index (χ2v) is 6.30. The smallest absolute Gasteiger partial charge is 0.305 e. The number of hydrogen-bond acceptors (Lipinski definition) is 5. The van der Waals surface area contributed by atoms with Crippen LogP contribution in [0.1, 0.15) is 39.1 Å². The van der Waals surface area contributed by atoms with Crippen LogP contribution < -0.4 is 4.74 Å². The van der Waals surface area contributed by atoms with Gasteiger partial charge in [0, 0.05) is 13.0 Å². The number of imide groups is 1. The molecule has 0 radical (unpaired) electrons. The van der Waals surface area contributed by atoms with Gasteiger partial charge in [-0.05, 0) is 43.2 Å². The maximum atomic E-state index is 12.2. The summed E-state index contributed by atoms with van der Waals surface area (Å²) in [6.45, 7) is 2.59. The fourth-order valence-corrected chi connectivity index (χ4v) is 2.92. The van der Waals surface area contributed by atoms with Gasteiger partial charge in [0.15, 0.2) is 0 Å². The molecule has 0 aliphatic carbocycles. The number of nitrogens with zero attached hydrogens (tertiary/aromatic N) is 1. The Hall–Kier alpha value is -3.15. The molecule has 0 unspecified atom stereocenters. The van der Waals surface area contributed by atoms with E-state index < -0.39 is 0 Å². The van der Waals surface area contributed by atoms with Gasteiger partial charge in [-0.1, -0.05) is 24.3 Å². The number of carbonyl (C=O) groups excluding carboxylic acids is 3. The van der Waals surface area contributed by atoms with Crippen LogP contribution in [0.25, 0.3) is 0 Å². The molecule has 140 valence electrons. The fraction of sp³-hybridized carbons (Fsp3) is 0.286. The average molecular weight is 367 g/mol.